The van der Waals surface area contributed by atoms with E-state index < -0.39 is 0 Å². The summed E-state index contributed by atoms with van der Waals surface area (Å²) < 4.78 is 10.8. The summed E-state index contributed by atoms with van der Waals surface area (Å²) in [5.41, 5.74) is 7.70. The fraction of sp³-hybridized carbons (Fsp3) is 0.214. The van der Waals surface area contributed by atoms with Crippen molar-refractivity contribution < 1.29 is 9.47 Å². The Balaban J connectivity index is 1.79. The van der Waals surface area contributed by atoms with Crippen molar-refractivity contribution >= 4 is 5.82 Å². The molecule has 0 aliphatic rings. The molecule has 1 heterocycles. The summed E-state index contributed by atoms with van der Waals surface area (Å²) in [6.07, 6.45) is 0. The first-order valence-corrected chi connectivity index (χ1v) is 5.73. The molecular weight excluding hydrogens is 228 g/mol. The Bertz CT molecular complexity index is 500. The number of hydrogen-bond acceptors (Lipinski definition) is 4. The van der Waals surface area contributed by atoms with Gasteiger partial charge in [0.1, 0.15) is 0 Å². The van der Waals surface area contributed by atoms with Crippen LogP contribution in [-0.4, -0.2) is 11.8 Å². The number of aromatic nitrogens is 1. The second-order valence-corrected chi connectivity index (χ2v) is 3.93. The lowest BCUT2D eigenvalue weighted by molar-refractivity contribution is 0.00530. The van der Waals surface area contributed by atoms with Crippen molar-refractivity contribution in [1.29, 1.82) is 0 Å². The molecule has 4 heteroatoms. The van der Waals surface area contributed by atoms with Crippen molar-refractivity contribution in [2.45, 2.75) is 13.5 Å². The largest absolute Gasteiger partial charge is 0.464 e. The minimum atomic E-state index is 0.157. The van der Waals surface area contributed by atoms with E-state index in [9.17, 15) is 0 Å². The van der Waals surface area contributed by atoms with Gasteiger partial charge in [0.25, 0.3) is 0 Å². The van der Waals surface area contributed by atoms with Crippen LogP contribution in [0.3, 0.4) is 0 Å². The fourth-order valence-corrected chi connectivity index (χ4v) is 1.52. The highest BCUT2D eigenvalue weighted by atomic mass is 16.7. The quantitative estimate of drug-likeness (QED) is 0.648. The first kappa shape index (κ1) is 12.4. The Morgan fingerprint density at radius 3 is 2.61 bits per heavy atom. The van der Waals surface area contributed by atoms with Crippen molar-refractivity contribution in [3.8, 4) is 5.75 Å². The van der Waals surface area contributed by atoms with Crippen molar-refractivity contribution in [3.63, 3.8) is 0 Å². The van der Waals surface area contributed by atoms with E-state index in [4.69, 9.17) is 15.2 Å². The highest BCUT2D eigenvalue weighted by Crippen LogP contribution is 2.18. The van der Waals surface area contributed by atoms with Gasteiger partial charge in [0.15, 0.2) is 18.4 Å². The monoisotopic (exact) mass is 244 g/mol. The van der Waals surface area contributed by atoms with Gasteiger partial charge in [0.2, 0.25) is 0 Å². The zero-order valence-corrected chi connectivity index (χ0v) is 10.3. The molecular formula is C14H16N2O2. The van der Waals surface area contributed by atoms with E-state index in [0.29, 0.717) is 18.2 Å². The number of hydrogen-bond donors (Lipinski definition) is 1. The van der Waals surface area contributed by atoms with E-state index in [1.807, 2.05) is 43.3 Å². The van der Waals surface area contributed by atoms with Gasteiger partial charge in [0, 0.05) is 5.69 Å². The van der Waals surface area contributed by atoms with Crippen LogP contribution >= 0.6 is 0 Å². The maximum absolute atomic E-state index is 5.72. The number of ether oxygens (including phenoxy) is 2. The predicted molar refractivity (Wildman–Crippen MR) is 70.1 cm³/mol. The van der Waals surface area contributed by atoms with Gasteiger partial charge in [-0.05, 0) is 24.6 Å². The van der Waals surface area contributed by atoms with Crippen LogP contribution in [0.1, 0.15) is 11.3 Å². The summed E-state index contributed by atoms with van der Waals surface area (Å²) in [5.74, 6) is 0.937. The lowest BCUT2D eigenvalue weighted by Crippen LogP contribution is -2.05. The molecule has 0 unspecified atom stereocenters. The third-order valence-corrected chi connectivity index (χ3v) is 2.43. The molecule has 2 aromatic rings. The molecule has 1 aromatic carbocycles. The van der Waals surface area contributed by atoms with Crippen molar-refractivity contribution in [2.75, 3.05) is 12.5 Å². The molecule has 18 heavy (non-hydrogen) atoms. The lowest BCUT2D eigenvalue weighted by atomic mass is 10.2. The van der Waals surface area contributed by atoms with Gasteiger partial charge in [-0.15, -0.1) is 0 Å². The summed E-state index contributed by atoms with van der Waals surface area (Å²) in [4.78, 5) is 4.11. The molecule has 1 aromatic heterocycles. The summed E-state index contributed by atoms with van der Waals surface area (Å²) in [5, 5.41) is 0. The zero-order valence-electron chi connectivity index (χ0n) is 10.3. The number of rotatable bonds is 5. The number of aryl methyl sites for hydroxylation is 1. The SMILES string of the molecule is Cc1ccc(OCOCc2ccccc2)c(N)n1. The van der Waals surface area contributed by atoms with Crippen LogP contribution in [0.25, 0.3) is 0 Å². The second-order valence-electron chi connectivity index (χ2n) is 3.93. The van der Waals surface area contributed by atoms with Gasteiger partial charge in [-0.1, -0.05) is 30.3 Å². The average molecular weight is 244 g/mol. The molecule has 0 aliphatic carbocycles. The van der Waals surface area contributed by atoms with E-state index >= 15 is 0 Å². The standard InChI is InChI=1S/C14H16N2O2/c1-11-7-8-13(14(15)16-11)18-10-17-9-12-5-3-2-4-6-12/h2-8H,9-10H2,1H3,(H2,15,16). The molecule has 4 nitrogen and oxygen atoms in total. The van der Waals surface area contributed by atoms with Crippen molar-refractivity contribution in [2.24, 2.45) is 0 Å². The van der Waals surface area contributed by atoms with Crippen LogP contribution in [0, 0.1) is 6.92 Å². The summed E-state index contributed by atoms with van der Waals surface area (Å²) in [7, 11) is 0. The first-order valence-electron chi connectivity index (χ1n) is 5.73. The normalized spacial score (nSPS) is 10.3. The zero-order chi connectivity index (χ0) is 12.8. The highest BCUT2D eigenvalue weighted by molar-refractivity contribution is 5.46. The Morgan fingerprint density at radius 1 is 1.11 bits per heavy atom. The minimum Gasteiger partial charge on any atom is -0.464 e. The van der Waals surface area contributed by atoms with Gasteiger partial charge < -0.3 is 15.2 Å². The van der Waals surface area contributed by atoms with Crippen LogP contribution in [0.2, 0.25) is 0 Å². The molecule has 94 valence electrons. The molecule has 0 fully saturated rings. The maximum atomic E-state index is 5.72. The van der Waals surface area contributed by atoms with Crippen LogP contribution in [0.4, 0.5) is 5.82 Å². The molecule has 0 bridgehead atoms. The number of nitrogens with two attached hydrogens (primary N) is 1. The van der Waals surface area contributed by atoms with Gasteiger partial charge in [-0.25, -0.2) is 4.98 Å². The number of benzene rings is 1. The maximum Gasteiger partial charge on any atom is 0.189 e. The Labute approximate surface area is 106 Å². The second kappa shape index (κ2) is 6.02. The van der Waals surface area contributed by atoms with Crippen molar-refractivity contribution in [1.82, 2.24) is 4.98 Å². The van der Waals surface area contributed by atoms with Gasteiger partial charge >= 0.3 is 0 Å². The number of anilines is 1. The molecule has 0 saturated heterocycles. The minimum absolute atomic E-state index is 0.157. The molecule has 0 spiro atoms. The van der Waals surface area contributed by atoms with E-state index in [2.05, 4.69) is 4.98 Å². The predicted octanol–water partition coefficient (Wildman–Crippen LogP) is 2.53. The summed E-state index contributed by atoms with van der Waals surface area (Å²) in [6.45, 7) is 2.55. The van der Waals surface area contributed by atoms with E-state index in [1.54, 1.807) is 6.07 Å². The number of nitrogen functional groups attached to an aromatic ring is 1. The number of pyridine rings is 1. The average Bonchev–Trinajstić information content (AvgIpc) is 2.38. The van der Waals surface area contributed by atoms with Gasteiger partial charge in [-0.2, -0.15) is 0 Å². The molecule has 0 atom stereocenters. The number of nitrogens with zero attached hydrogens (tertiary/aromatic N) is 1. The van der Waals surface area contributed by atoms with E-state index in [-0.39, 0.29) is 6.79 Å². The van der Waals surface area contributed by atoms with E-state index in [1.165, 1.54) is 0 Å². The van der Waals surface area contributed by atoms with Gasteiger partial charge in [0.05, 0.1) is 6.61 Å². The first-order chi connectivity index (χ1) is 8.75. The van der Waals surface area contributed by atoms with Crippen LogP contribution in [-0.2, 0) is 11.3 Å². The smallest absolute Gasteiger partial charge is 0.189 e. The lowest BCUT2D eigenvalue weighted by Gasteiger charge is -2.09. The molecule has 0 aliphatic heterocycles. The van der Waals surface area contributed by atoms with Gasteiger partial charge in [-0.3, -0.25) is 0 Å². The fourth-order valence-electron chi connectivity index (χ4n) is 1.52. The molecule has 0 radical (unpaired) electrons. The van der Waals surface area contributed by atoms with E-state index in [0.717, 1.165) is 11.3 Å². The summed E-state index contributed by atoms with van der Waals surface area (Å²) >= 11 is 0. The summed E-state index contributed by atoms with van der Waals surface area (Å²) in [6, 6.07) is 13.6. The van der Waals surface area contributed by atoms with Crippen LogP contribution in [0.15, 0.2) is 42.5 Å². The Kier molecular flexibility index (Phi) is 4.15. The van der Waals surface area contributed by atoms with Crippen LogP contribution < -0.4 is 10.5 Å². The van der Waals surface area contributed by atoms with Crippen LogP contribution in [0.5, 0.6) is 5.75 Å². The highest BCUT2D eigenvalue weighted by Gasteiger charge is 2.01. The topological polar surface area (TPSA) is 57.4 Å². The van der Waals surface area contributed by atoms with Crippen molar-refractivity contribution in [3.05, 3.63) is 53.7 Å². The molecule has 2 rings (SSSR count). The molecule has 0 amide bonds. The third kappa shape index (κ3) is 3.46. The third-order valence-electron chi connectivity index (χ3n) is 2.43. The Hall–Kier alpha value is -2.07. The molecule has 2 N–H and O–H groups in total. The molecule has 0 saturated carbocycles. The Morgan fingerprint density at radius 2 is 1.89 bits per heavy atom.